The summed E-state index contributed by atoms with van der Waals surface area (Å²) in [5, 5.41) is 7.05. The van der Waals surface area contributed by atoms with Gasteiger partial charge in [0.15, 0.2) is 0 Å². The zero-order valence-corrected chi connectivity index (χ0v) is 13.5. The number of hydrogen-bond donors (Lipinski definition) is 1. The number of nitrogens with one attached hydrogen (secondary N) is 1. The molecule has 1 N–H and O–H groups in total. The summed E-state index contributed by atoms with van der Waals surface area (Å²) in [5.41, 5.74) is 3.34. The van der Waals surface area contributed by atoms with Gasteiger partial charge >= 0.3 is 0 Å². The van der Waals surface area contributed by atoms with E-state index in [2.05, 4.69) is 20.4 Å². The second kappa shape index (κ2) is 6.16. The lowest BCUT2D eigenvalue weighted by Gasteiger charge is -2.03. The number of aryl methyl sites for hydroxylation is 1. The van der Waals surface area contributed by atoms with Crippen LogP contribution in [0.2, 0.25) is 0 Å². The molecule has 2 heterocycles. The van der Waals surface area contributed by atoms with E-state index in [9.17, 15) is 4.79 Å². The Balaban J connectivity index is 1.70. The van der Waals surface area contributed by atoms with Crippen LogP contribution in [-0.2, 0) is 0 Å². The minimum atomic E-state index is -0.364. The van der Waals surface area contributed by atoms with Crippen LogP contribution in [0, 0.1) is 6.92 Å². The molecule has 0 spiro atoms. The highest BCUT2D eigenvalue weighted by Crippen LogP contribution is 2.18. The monoisotopic (exact) mass is 329 g/mol. The molecular weight excluding hydrogens is 314 g/mol. The van der Waals surface area contributed by atoms with Crippen molar-refractivity contribution in [3.8, 4) is 11.3 Å². The summed E-state index contributed by atoms with van der Waals surface area (Å²) in [7, 11) is 0. The molecule has 0 aliphatic carbocycles. The summed E-state index contributed by atoms with van der Waals surface area (Å²) in [6.45, 7) is 1.91. The van der Waals surface area contributed by atoms with Crippen molar-refractivity contribution in [1.82, 2.24) is 19.6 Å². The molecule has 0 saturated carbocycles. The Labute approximate surface area is 144 Å². The van der Waals surface area contributed by atoms with E-state index >= 15 is 0 Å². The number of hydrogen-bond acceptors (Lipinski definition) is 4. The van der Waals surface area contributed by atoms with E-state index in [4.69, 9.17) is 0 Å². The van der Waals surface area contributed by atoms with Gasteiger partial charge in [-0.2, -0.15) is 4.98 Å². The van der Waals surface area contributed by atoms with Gasteiger partial charge in [0, 0.05) is 16.9 Å². The number of fused-ring (bicyclic) bond motifs is 1. The summed E-state index contributed by atoms with van der Waals surface area (Å²) in [6, 6.07) is 21.0. The second-order valence-electron chi connectivity index (χ2n) is 5.62. The normalized spacial score (nSPS) is 10.8. The van der Waals surface area contributed by atoms with Gasteiger partial charge in [0.05, 0.1) is 5.69 Å². The zero-order chi connectivity index (χ0) is 17.2. The first kappa shape index (κ1) is 15.0. The molecule has 0 fully saturated rings. The number of rotatable bonds is 3. The summed E-state index contributed by atoms with van der Waals surface area (Å²) in [4.78, 5) is 21.2. The van der Waals surface area contributed by atoms with Crippen LogP contribution in [0.5, 0.6) is 0 Å². The molecular formula is C19H15N5O. The van der Waals surface area contributed by atoms with Crippen LogP contribution in [0.25, 0.3) is 17.0 Å². The summed E-state index contributed by atoms with van der Waals surface area (Å²) in [5.74, 6) is 0.124. The highest BCUT2D eigenvalue weighted by molar-refractivity contribution is 6.01. The minimum absolute atomic E-state index is 0.0877. The molecule has 0 bridgehead atoms. The Hall–Kier alpha value is -3.54. The van der Waals surface area contributed by atoms with E-state index < -0.39 is 0 Å². The van der Waals surface area contributed by atoms with E-state index in [-0.39, 0.29) is 11.7 Å². The topological polar surface area (TPSA) is 72.2 Å². The number of nitrogens with zero attached hydrogens (tertiary/aromatic N) is 4. The van der Waals surface area contributed by atoms with Gasteiger partial charge in [-0.25, -0.2) is 9.50 Å². The van der Waals surface area contributed by atoms with Crippen molar-refractivity contribution >= 4 is 17.4 Å². The summed E-state index contributed by atoms with van der Waals surface area (Å²) in [6.07, 6.45) is 0. The van der Waals surface area contributed by atoms with Gasteiger partial charge in [0.2, 0.25) is 5.82 Å². The van der Waals surface area contributed by atoms with E-state index in [1.54, 1.807) is 4.52 Å². The molecule has 0 atom stereocenters. The van der Waals surface area contributed by atoms with E-state index in [1.807, 2.05) is 73.7 Å². The molecule has 6 heteroatoms. The Bertz CT molecular complexity index is 1040. The highest BCUT2D eigenvalue weighted by Gasteiger charge is 2.16. The van der Waals surface area contributed by atoms with E-state index in [0.29, 0.717) is 11.5 Å². The van der Waals surface area contributed by atoms with Gasteiger partial charge < -0.3 is 5.32 Å². The quantitative estimate of drug-likeness (QED) is 0.625. The predicted molar refractivity (Wildman–Crippen MR) is 95.4 cm³/mol. The first-order valence-corrected chi connectivity index (χ1v) is 7.87. The third-order valence-electron chi connectivity index (χ3n) is 3.79. The molecule has 25 heavy (non-hydrogen) atoms. The number of para-hydroxylation sites is 1. The Morgan fingerprint density at radius 2 is 1.64 bits per heavy atom. The van der Waals surface area contributed by atoms with Crippen LogP contribution in [0.3, 0.4) is 0 Å². The average Bonchev–Trinajstić information content (AvgIpc) is 3.08. The van der Waals surface area contributed by atoms with Crippen molar-refractivity contribution in [3.63, 3.8) is 0 Å². The fraction of sp³-hybridized carbons (Fsp3) is 0.0526. The van der Waals surface area contributed by atoms with Crippen LogP contribution >= 0.6 is 0 Å². The van der Waals surface area contributed by atoms with Gasteiger partial charge in [-0.05, 0) is 25.1 Å². The largest absolute Gasteiger partial charge is 0.319 e. The molecule has 1 amide bonds. The molecule has 0 saturated heterocycles. The maximum absolute atomic E-state index is 12.4. The van der Waals surface area contributed by atoms with Crippen molar-refractivity contribution in [2.45, 2.75) is 6.92 Å². The van der Waals surface area contributed by atoms with Gasteiger partial charge in [0.1, 0.15) is 0 Å². The lowest BCUT2D eigenvalue weighted by molar-refractivity contribution is 0.101. The predicted octanol–water partition coefficient (Wildman–Crippen LogP) is 3.35. The Morgan fingerprint density at radius 3 is 2.36 bits per heavy atom. The van der Waals surface area contributed by atoms with Crippen molar-refractivity contribution < 1.29 is 4.79 Å². The average molecular weight is 329 g/mol. The van der Waals surface area contributed by atoms with E-state index in [0.717, 1.165) is 17.0 Å². The van der Waals surface area contributed by atoms with Gasteiger partial charge in [-0.15, -0.1) is 5.10 Å². The van der Waals surface area contributed by atoms with Gasteiger partial charge in [0.25, 0.3) is 11.7 Å². The third kappa shape index (κ3) is 2.97. The molecule has 122 valence electrons. The van der Waals surface area contributed by atoms with Crippen LogP contribution < -0.4 is 5.32 Å². The molecule has 4 aromatic rings. The number of aromatic nitrogens is 4. The molecule has 6 nitrogen and oxygen atoms in total. The van der Waals surface area contributed by atoms with Crippen molar-refractivity contribution in [1.29, 1.82) is 0 Å². The van der Waals surface area contributed by atoms with Crippen LogP contribution in [0.1, 0.15) is 16.3 Å². The Kier molecular flexibility index (Phi) is 3.70. The maximum Gasteiger partial charge on any atom is 0.295 e. The van der Waals surface area contributed by atoms with Crippen LogP contribution in [0.15, 0.2) is 66.7 Å². The molecule has 0 aliphatic heterocycles. The van der Waals surface area contributed by atoms with Crippen molar-refractivity contribution in [3.05, 3.63) is 78.2 Å². The fourth-order valence-electron chi connectivity index (χ4n) is 2.57. The minimum Gasteiger partial charge on any atom is -0.319 e. The molecule has 2 aromatic carbocycles. The zero-order valence-electron chi connectivity index (χ0n) is 13.5. The number of carbonyl (C=O) groups excluding carboxylic acids is 1. The maximum atomic E-state index is 12.4. The highest BCUT2D eigenvalue weighted by atomic mass is 16.2. The first-order chi connectivity index (χ1) is 12.2. The first-order valence-electron chi connectivity index (χ1n) is 7.87. The lowest BCUT2D eigenvalue weighted by Crippen LogP contribution is -2.13. The van der Waals surface area contributed by atoms with Crippen LogP contribution in [-0.4, -0.2) is 25.5 Å². The van der Waals surface area contributed by atoms with E-state index in [1.165, 1.54) is 0 Å². The fourth-order valence-corrected chi connectivity index (χ4v) is 2.57. The van der Waals surface area contributed by atoms with Crippen molar-refractivity contribution in [2.24, 2.45) is 0 Å². The number of anilines is 1. The van der Waals surface area contributed by atoms with Gasteiger partial charge in [-0.1, -0.05) is 48.5 Å². The van der Waals surface area contributed by atoms with Crippen LogP contribution in [0.4, 0.5) is 5.69 Å². The number of amides is 1. The lowest BCUT2D eigenvalue weighted by atomic mass is 10.1. The molecule has 0 unspecified atom stereocenters. The summed E-state index contributed by atoms with van der Waals surface area (Å²) < 4.78 is 1.58. The standard InChI is InChI=1S/C19H15N5O/c1-13-12-16(14-8-4-2-5-9-14)21-19-22-17(23-24(13)19)18(25)20-15-10-6-3-7-11-15/h2-12H,1H3,(H,20,25). The third-order valence-corrected chi connectivity index (χ3v) is 3.79. The van der Waals surface area contributed by atoms with Crippen molar-refractivity contribution in [2.75, 3.05) is 5.32 Å². The smallest absolute Gasteiger partial charge is 0.295 e. The summed E-state index contributed by atoms with van der Waals surface area (Å²) >= 11 is 0. The SMILES string of the molecule is Cc1cc(-c2ccccc2)nc2nc(C(=O)Nc3ccccc3)nn12. The number of carbonyl (C=O) groups is 1. The Morgan fingerprint density at radius 1 is 0.960 bits per heavy atom. The van der Waals surface area contributed by atoms with Gasteiger partial charge in [-0.3, -0.25) is 4.79 Å². The molecule has 0 aliphatic rings. The molecule has 0 radical (unpaired) electrons. The molecule has 2 aromatic heterocycles. The second-order valence-corrected chi connectivity index (χ2v) is 5.62. The number of benzene rings is 2. The molecule has 4 rings (SSSR count).